The van der Waals surface area contributed by atoms with E-state index >= 15 is 0 Å². The zero-order valence-electron chi connectivity index (χ0n) is 17.2. The number of carbonyl (C=O) groups excluding carboxylic acids is 1. The monoisotopic (exact) mass is 442 g/mol. The number of amides is 1. The molecular formula is C23H26N2O3S2. The van der Waals surface area contributed by atoms with Crippen molar-refractivity contribution in [1.29, 1.82) is 0 Å². The second kappa shape index (κ2) is 8.47. The summed E-state index contributed by atoms with van der Waals surface area (Å²) in [5.74, 6) is 0.486. The van der Waals surface area contributed by atoms with Crippen LogP contribution in [0.5, 0.6) is 0 Å². The first-order valence-corrected chi connectivity index (χ1v) is 12.7. The highest BCUT2D eigenvalue weighted by molar-refractivity contribution is 7.92. The molecule has 1 aromatic carbocycles. The van der Waals surface area contributed by atoms with Crippen LogP contribution in [0.15, 0.2) is 53.7 Å². The van der Waals surface area contributed by atoms with Crippen molar-refractivity contribution in [2.75, 3.05) is 0 Å². The lowest BCUT2D eigenvalue weighted by molar-refractivity contribution is 0.0955. The van der Waals surface area contributed by atoms with Crippen LogP contribution in [-0.2, 0) is 16.4 Å². The summed E-state index contributed by atoms with van der Waals surface area (Å²) in [4.78, 5) is 17.6. The molecule has 1 amide bonds. The Labute approximate surface area is 181 Å². The zero-order chi connectivity index (χ0) is 21.3. The van der Waals surface area contributed by atoms with Crippen LogP contribution < -0.4 is 5.32 Å². The number of benzene rings is 1. The number of hydrogen-bond donors (Lipinski definition) is 1. The summed E-state index contributed by atoms with van der Waals surface area (Å²) in [6, 6.07) is 10.7. The first-order valence-electron chi connectivity index (χ1n) is 10.3. The normalized spacial score (nSPS) is 22.1. The van der Waals surface area contributed by atoms with Crippen molar-refractivity contribution in [3.63, 3.8) is 0 Å². The van der Waals surface area contributed by atoms with Gasteiger partial charge in [-0.1, -0.05) is 32.4 Å². The summed E-state index contributed by atoms with van der Waals surface area (Å²) in [5.41, 5.74) is 0.870. The molecule has 158 valence electrons. The first kappa shape index (κ1) is 21.0. The maximum Gasteiger partial charge on any atom is 0.261 e. The average Bonchev–Trinajstić information content (AvgIpc) is 3.18. The van der Waals surface area contributed by atoms with Crippen LogP contribution in [0.4, 0.5) is 0 Å². The zero-order valence-corrected chi connectivity index (χ0v) is 18.8. The Balaban J connectivity index is 1.42. The Morgan fingerprint density at radius 2 is 1.93 bits per heavy atom. The Hall–Kier alpha value is -2.25. The Kier molecular flexibility index (Phi) is 5.93. The molecule has 3 unspecified atom stereocenters. The van der Waals surface area contributed by atoms with Gasteiger partial charge in [-0.15, -0.1) is 11.3 Å². The van der Waals surface area contributed by atoms with Gasteiger partial charge in [0.25, 0.3) is 5.91 Å². The Bertz CT molecular complexity index is 1120. The Morgan fingerprint density at radius 3 is 2.67 bits per heavy atom. The highest BCUT2D eigenvalue weighted by atomic mass is 32.2. The smallest absolute Gasteiger partial charge is 0.261 e. The predicted octanol–water partition coefficient (Wildman–Crippen LogP) is 4.82. The molecule has 0 radical (unpaired) electrons. The van der Waals surface area contributed by atoms with Gasteiger partial charge in [0, 0.05) is 18.9 Å². The topological polar surface area (TPSA) is 76.1 Å². The fraction of sp³-hybridized carbons (Fsp3) is 0.391. The highest BCUT2D eigenvalue weighted by Gasteiger charge is 2.36. The molecule has 1 aliphatic rings. The molecule has 3 atom stereocenters. The van der Waals surface area contributed by atoms with E-state index < -0.39 is 9.84 Å². The first-order chi connectivity index (χ1) is 14.3. The van der Waals surface area contributed by atoms with Crippen molar-refractivity contribution < 1.29 is 13.2 Å². The molecule has 1 aliphatic carbocycles. The summed E-state index contributed by atoms with van der Waals surface area (Å²) in [6.45, 7) is 4.53. The number of nitrogens with one attached hydrogen (secondary N) is 1. The maximum absolute atomic E-state index is 13.1. The molecule has 4 rings (SSSR count). The molecule has 30 heavy (non-hydrogen) atoms. The van der Waals surface area contributed by atoms with E-state index in [0.717, 1.165) is 34.9 Å². The van der Waals surface area contributed by atoms with Gasteiger partial charge in [-0.25, -0.2) is 8.42 Å². The molecule has 1 fully saturated rings. The molecule has 5 nitrogen and oxygen atoms in total. The van der Waals surface area contributed by atoms with Crippen LogP contribution in [-0.4, -0.2) is 24.6 Å². The van der Waals surface area contributed by atoms with Gasteiger partial charge in [0.1, 0.15) is 0 Å². The number of rotatable bonds is 5. The van der Waals surface area contributed by atoms with E-state index in [1.807, 2.05) is 19.1 Å². The minimum Gasteiger partial charge on any atom is -0.347 e. The second-order valence-corrected chi connectivity index (χ2v) is 11.6. The third kappa shape index (κ3) is 4.27. The number of nitrogens with zero attached hydrogens (tertiary/aromatic N) is 1. The van der Waals surface area contributed by atoms with Gasteiger partial charge in [-0.2, -0.15) is 0 Å². The van der Waals surface area contributed by atoms with E-state index in [9.17, 15) is 13.2 Å². The molecule has 3 aromatic rings. The SMILES string of the molecule is CC1CCC(C)C(S(=O)(=O)c2ccc(CNC(=O)c3cc4ccncc4s3)cc2)C1. The summed E-state index contributed by atoms with van der Waals surface area (Å²) in [6.07, 6.45) is 6.25. The number of thiophene rings is 1. The fourth-order valence-electron chi connectivity index (χ4n) is 4.15. The lowest BCUT2D eigenvalue weighted by Gasteiger charge is -2.32. The van der Waals surface area contributed by atoms with E-state index in [0.29, 0.717) is 22.2 Å². The largest absolute Gasteiger partial charge is 0.347 e. The van der Waals surface area contributed by atoms with Gasteiger partial charge in [0.2, 0.25) is 0 Å². The van der Waals surface area contributed by atoms with Gasteiger partial charge in [0.05, 0.1) is 19.7 Å². The summed E-state index contributed by atoms with van der Waals surface area (Å²) in [5, 5.41) is 3.60. The van der Waals surface area contributed by atoms with Crippen molar-refractivity contribution in [3.8, 4) is 0 Å². The highest BCUT2D eigenvalue weighted by Crippen LogP contribution is 2.35. The molecule has 0 bridgehead atoms. The molecule has 0 aliphatic heterocycles. The van der Waals surface area contributed by atoms with Crippen LogP contribution in [0, 0.1) is 11.8 Å². The summed E-state index contributed by atoms with van der Waals surface area (Å²) < 4.78 is 27.2. The molecule has 1 N–H and O–H groups in total. The maximum atomic E-state index is 13.1. The molecule has 2 aromatic heterocycles. The lowest BCUT2D eigenvalue weighted by atomic mass is 9.84. The molecular weight excluding hydrogens is 416 g/mol. The molecule has 1 saturated carbocycles. The van der Waals surface area contributed by atoms with Crippen LogP contribution >= 0.6 is 11.3 Å². The molecule has 0 spiro atoms. The van der Waals surface area contributed by atoms with E-state index in [4.69, 9.17) is 0 Å². The van der Waals surface area contributed by atoms with E-state index in [-0.39, 0.29) is 17.1 Å². The standard InChI is InChI=1S/C23H26N2O3S2/c1-15-3-4-16(2)22(11-15)30(27,28)19-7-5-17(6-8-19)13-25-23(26)20-12-18-9-10-24-14-21(18)29-20/h5-10,12,14-16,22H,3-4,11,13H2,1-2H3,(H,25,26). The van der Waals surface area contributed by atoms with Crippen molar-refractivity contribution in [1.82, 2.24) is 10.3 Å². The van der Waals surface area contributed by atoms with Gasteiger partial charge >= 0.3 is 0 Å². The van der Waals surface area contributed by atoms with Crippen molar-refractivity contribution >= 4 is 37.2 Å². The average molecular weight is 443 g/mol. The predicted molar refractivity (Wildman–Crippen MR) is 120 cm³/mol. The van der Waals surface area contributed by atoms with E-state index in [1.165, 1.54) is 11.3 Å². The van der Waals surface area contributed by atoms with Crippen molar-refractivity contribution in [2.24, 2.45) is 11.8 Å². The number of carbonyl (C=O) groups is 1. The minimum absolute atomic E-state index is 0.141. The fourth-order valence-corrected chi connectivity index (χ4v) is 7.29. The number of sulfone groups is 1. The number of hydrogen-bond acceptors (Lipinski definition) is 5. The quantitative estimate of drug-likeness (QED) is 0.614. The van der Waals surface area contributed by atoms with Crippen LogP contribution in [0.2, 0.25) is 0 Å². The van der Waals surface area contributed by atoms with Gasteiger partial charge in [0.15, 0.2) is 9.84 Å². The summed E-state index contributed by atoms with van der Waals surface area (Å²) in [7, 11) is -3.34. The number of fused-ring (bicyclic) bond motifs is 1. The van der Waals surface area contributed by atoms with Gasteiger partial charge in [-0.3, -0.25) is 9.78 Å². The lowest BCUT2D eigenvalue weighted by Crippen LogP contribution is -2.34. The molecule has 0 saturated heterocycles. The molecule has 2 heterocycles. The van der Waals surface area contributed by atoms with Crippen molar-refractivity contribution in [3.05, 3.63) is 59.2 Å². The van der Waals surface area contributed by atoms with Crippen LogP contribution in [0.25, 0.3) is 10.1 Å². The number of aromatic nitrogens is 1. The Morgan fingerprint density at radius 1 is 1.17 bits per heavy atom. The van der Waals surface area contributed by atoms with Crippen molar-refractivity contribution in [2.45, 2.75) is 49.8 Å². The van der Waals surface area contributed by atoms with Crippen LogP contribution in [0.1, 0.15) is 48.3 Å². The van der Waals surface area contributed by atoms with E-state index in [2.05, 4.69) is 17.2 Å². The third-order valence-corrected chi connectivity index (χ3v) is 9.50. The number of pyridine rings is 1. The third-order valence-electron chi connectivity index (χ3n) is 6.03. The summed E-state index contributed by atoms with van der Waals surface area (Å²) >= 11 is 1.41. The minimum atomic E-state index is -3.34. The van der Waals surface area contributed by atoms with Crippen LogP contribution in [0.3, 0.4) is 0 Å². The van der Waals surface area contributed by atoms with E-state index in [1.54, 1.807) is 36.7 Å². The second-order valence-electron chi connectivity index (χ2n) is 8.33. The van der Waals surface area contributed by atoms with Gasteiger partial charge in [-0.05, 0) is 59.9 Å². The van der Waals surface area contributed by atoms with Gasteiger partial charge < -0.3 is 5.32 Å². The molecule has 7 heteroatoms.